The molecule has 0 spiro atoms. The normalized spacial score (nSPS) is 11.5. The topological polar surface area (TPSA) is 17.1 Å². The van der Waals surface area contributed by atoms with Crippen LogP contribution >= 0.6 is 0 Å². The second kappa shape index (κ2) is 5.87. The van der Waals surface area contributed by atoms with E-state index in [9.17, 15) is 4.79 Å². The summed E-state index contributed by atoms with van der Waals surface area (Å²) in [6, 6.07) is 14.1. The third kappa shape index (κ3) is 3.05. The summed E-state index contributed by atoms with van der Waals surface area (Å²) in [7, 11) is 0. The first kappa shape index (κ1) is 14.3. The average Bonchev–Trinajstić information content (AvgIpc) is 2.38. The molecule has 0 fully saturated rings. The van der Waals surface area contributed by atoms with E-state index >= 15 is 0 Å². The SMILES string of the molecule is C/C(=C\C(=O)c1c(C)cc(C)cc1C)c1ccccc1. The molecule has 102 valence electrons. The molecular formula is C19H20O. The van der Waals surface area contributed by atoms with Gasteiger partial charge in [-0.1, -0.05) is 48.0 Å². The highest BCUT2D eigenvalue weighted by atomic mass is 16.1. The minimum absolute atomic E-state index is 0.0846. The number of rotatable bonds is 3. The quantitative estimate of drug-likeness (QED) is 0.569. The van der Waals surface area contributed by atoms with E-state index in [4.69, 9.17) is 0 Å². The highest BCUT2D eigenvalue weighted by Gasteiger charge is 2.11. The number of ketones is 1. The largest absolute Gasteiger partial charge is 0.289 e. The molecule has 0 atom stereocenters. The molecule has 2 rings (SSSR count). The number of carbonyl (C=O) groups excluding carboxylic acids is 1. The maximum atomic E-state index is 12.5. The number of carbonyl (C=O) groups is 1. The standard InChI is InChI=1S/C19H20O/c1-13-10-15(3)19(16(4)11-13)18(20)12-14(2)17-8-6-5-7-9-17/h5-12H,1-4H3/b14-12+. The number of allylic oxidation sites excluding steroid dienone is 2. The van der Waals surface area contributed by atoms with Crippen molar-refractivity contribution in [2.75, 3.05) is 0 Å². The van der Waals surface area contributed by atoms with Crippen LogP contribution in [0.25, 0.3) is 5.57 Å². The molecule has 0 aliphatic heterocycles. The smallest absolute Gasteiger partial charge is 0.186 e. The van der Waals surface area contributed by atoms with Crippen LogP contribution in [0, 0.1) is 20.8 Å². The highest BCUT2D eigenvalue weighted by Crippen LogP contribution is 2.20. The lowest BCUT2D eigenvalue weighted by Gasteiger charge is -2.09. The Labute approximate surface area is 121 Å². The van der Waals surface area contributed by atoms with Crippen LogP contribution in [0.3, 0.4) is 0 Å². The molecule has 20 heavy (non-hydrogen) atoms. The van der Waals surface area contributed by atoms with Crippen LogP contribution < -0.4 is 0 Å². The van der Waals surface area contributed by atoms with Gasteiger partial charge in [0, 0.05) is 5.56 Å². The Balaban J connectivity index is 2.38. The van der Waals surface area contributed by atoms with Gasteiger partial charge in [0.2, 0.25) is 0 Å². The van der Waals surface area contributed by atoms with E-state index in [0.29, 0.717) is 0 Å². The van der Waals surface area contributed by atoms with E-state index < -0.39 is 0 Å². The molecule has 2 aromatic carbocycles. The molecule has 0 unspecified atom stereocenters. The first-order valence-electron chi connectivity index (χ1n) is 6.85. The Morgan fingerprint density at radius 2 is 1.50 bits per heavy atom. The summed E-state index contributed by atoms with van der Waals surface area (Å²) in [6.07, 6.45) is 1.74. The lowest BCUT2D eigenvalue weighted by atomic mass is 9.95. The van der Waals surface area contributed by atoms with Gasteiger partial charge >= 0.3 is 0 Å². The van der Waals surface area contributed by atoms with Crippen molar-refractivity contribution in [1.82, 2.24) is 0 Å². The minimum Gasteiger partial charge on any atom is -0.289 e. The Morgan fingerprint density at radius 3 is 2.05 bits per heavy atom. The van der Waals surface area contributed by atoms with Crippen LogP contribution in [0.5, 0.6) is 0 Å². The van der Waals surface area contributed by atoms with E-state index in [1.54, 1.807) is 6.08 Å². The summed E-state index contributed by atoms with van der Waals surface area (Å²) in [5.41, 5.74) is 6.19. The molecule has 0 bridgehead atoms. The minimum atomic E-state index is 0.0846. The summed E-state index contributed by atoms with van der Waals surface area (Å²) < 4.78 is 0. The van der Waals surface area contributed by atoms with Crippen molar-refractivity contribution >= 4 is 11.4 Å². The Kier molecular flexibility index (Phi) is 4.19. The summed E-state index contributed by atoms with van der Waals surface area (Å²) in [4.78, 5) is 12.5. The number of aryl methyl sites for hydroxylation is 3. The maximum absolute atomic E-state index is 12.5. The molecule has 0 heterocycles. The molecule has 2 aromatic rings. The summed E-state index contributed by atoms with van der Waals surface area (Å²) in [5, 5.41) is 0. The van der Waals surface area contributed by atoms with Gasteiger partial charge in [-0.15, -0.1) is 0 Å². The van der Waals surface area contributed by atoms with Crippen molar-refractivity contribution in [3.05, 3.63) is 76.4 Å². The summed E-state index contributed by atoms with van der Waals surface area (Å²) in [6.45, 7) is 8.03. The summed E-state index contributed by atoms with van der Waals surface area (Å²) >= 11 is 0. The van der Waals surface area contributed by atoms with Gasteiger partial charge in [-0.25, -0.2) is 0 Å². The average molecular weight is 264 g/mol. The van der Waals surface area contributed by atoms with E-state index in [1.807, 2.05) is 51.1 Å². The van der Waals surface area contributed by atoms with Gasteiger partial charge in [-0.3, -0.25) is 4.79 Å². The van der Waals surface area contributed by atoms with Crippen LogP contribution in [0.1, 0.15) is 39.5 Å². The molecule has 0 amide bonds. The summed E-state index contributed by atoms with van der Waals surface area (Å²) in [5.74, 6) is 0.0846. The maximum Gasteiger partial charge on any atom is 0.186 e. The van der Waals surface area contributed by atoms with Crippen molar-refractivity contribution in [1.29, 1.82) is 0 Å². The fourth-order valence-electron chi connectivity index (χ4n) is 2.62. The number of hydrogen-bond acceptors (Lipinski definition) is 1. The van der Waals surface area contributed by atoms with Crippen LogP contribution in [0.15, 0.2) is 48.5 Å². The highest BCUT2D eigenvalue weighted by molar-refractivity contribution is 6.10. The van der Waals surface area contributed by atoms with Crippen molar-refractivity contribution in [2.45, 2.75) is 27.7 Å². The van der Waals surface area contributed by atoms with E-state index in [2.05, 4.69) is 19.1 Å². The van der Waals surface area contributed by atoms with Gasteiger partial charge in [-0.05, 0) is 56.0 Å². The van der Waals surface area contributed by atoms with Crippen LogP contribution in [-0.4, -0.2) is 5.78 Å². The van der Waals surface area contributed by atoms with Gasteiger partial charge in [0.05, 0.1) is 0 Å². The zero-order valence-corrected chi connectivity index (χ0v) is 12.5. The zero-order chi connectivity index (χ0) is 14.7. The van der Waals surface area contributed by atoms with Crippen molar-refractivity contribution in [3.8, 4) is 0 Å². The van der Waals surface area contributed by atoms with Crippen LogP contribution in [-0.2, 0) is 0 Å². The molecule has 0 radical (unpaired) electrons. The predicted molar refractivity (Wildman–Crippen MR) is 85.1 cm³/mol. The fourth-order valence-corrected chi connectivity index (χ4v) is 2.62. The number of hydrogen-bond donors (Lipinski definition) is 0. The van der Waals surface area contributed by atoms with Crippen molar-refractivity contribution < 1.29 is 4.79 Å². The lowest BCUT2D eigenvalue weighted by molar-refractivity contribution is 0.104. The molecule has 0 saturated carbocycles. The Morgan fingerprint density at radius 1 is 0.950 bits per heavy atom. The monoisotopic (exact) mass is 264 g/mol. The van der Waals surface area contributed by atoms with Gasteiger partial charge in [0.15, 0.2) is 5.78 Å². The zero-order valence-electron chi connectivity index (χ0n) is 12.5. The van der Waals surface area contributed by atoms with Gasteiger partial charge in [-0.2, -0.15) is 0 Å². The van der Waals surface area contributed by atoms with Crippen molar-refractivity contribution in [3.63, 3.8) is 0 Å². The molecule has 1 heteroatoms. The molecule has 1 nitrogen and oxygen atoms in total. The Bertz CT molecular complexity index is 640. The second-order valence-electron chi connectivity index (χ2n) is 5.33. The molecule has 0 aromatic heterocycles. The first-order chi connectivity index (χ1) is 9.49. The van der Waals surface area contributed by atoms with Crippen molar-refractivity contribution in [2.24, 2.45) is 0 Å². The van der Waals surface area contributed by atoms with Crippen LogP contribution in [0.4, 0.5) is 0 Å². The van der Waals surface area contributed by atoms with Gasteiger partial charge in [0.25, 0.3) is 0 Å². The van der Waals surface area contributed by atoms with E-state index in [1.165, 1.54) is 5.56 Å². The predicted octanol–water partition coefficient (Wildman–Crippen LogP) is 4.90. The van der Waals surface area contributed by atoms with Crippen LogP contribution in [0.2, 0.25) is 0 Å². The lowest BCUT2D eigenvalue weighted by Crippen LogP contribution is -2.03. The molecular weight excluding hydrogens is 244 g/mol. The molecule has 0 aliphatic rings. The van der Waals surface area contributed by atoms with Gasteiger partial charge in [0.1, 0.15) is 0 Å². The Hall–Kier alpha value is -2.15. The molecule has 0 saturated heterocycles. The van der Waals surface area contributed by atoms with Gasteiger partial charge < -0.3 is 0 Å². The third-order valence-electron chi connectivity index (χ3n) is 3.50. The second-order valence-corrected chi connectivity index (χ2v) is 5.33. The fraction of sp³-hybridized carbons (Fsp3) is 0.211. The first-order valence-corrected chi connectivity index (χ1v) is 6.85. The third-order valence-corrected chi connectivity index (χ3v) is 3.50. The molecule has 0 N–H and O–H groups in total. The van der Waals surface area contributed by atoms with E-state index in [-0.39, 0.29) is 5.78 Å². The number of benzene rings is 2. The molecule has 0 aliphatic carbocycles. The van der Waals surface area contributed by atoms with E-state index in [0.717, 1.165) is 27.8 Å².